The molecule has 0 bridgehead atoms. The summed E-state index contributed by atoms with van der Waals surface area (Å²) in [4.78, 5) is 3.69. The van der Waals surface area contributed by atoms with Gasteiger partial charge in [-0.25, -0.2) is 0 Å². The van der Waals surface area contributed by atoms with Crippen molar-refractivity contribution in [3.05, 3.63) is 152 Å². The SMILES string of the molecule is c1ccc(-c2ccc3[nH]c4ccc5c(ccc6c5c5cc(-c7ccccc7)ccc5n6-c5ccccc5)c4c3c2)cc1. The summed E-state index contributed by atoms with van der Waals surface area (Å²) in [7, 11) is 0. The fourth-order valence-corrected chi connectivity index (χ4v) is 6.80. The van der Waals surface area contributed by atoms with Crippen molar-refractivity contribution in [2.75, 3.05) is 0 Å². The van der Waals surface area contributed by atoms with Crippen molar-refractivity contribution in [2.45, 2.75) is 0 Å². The summed E-state index contributed by atoms with van der Waals surface area (Å²) in [5, 5.41) is 7.64. The van der Waals surface area contributed by atoms with Crippen LogP contribution in [0.15, 0.2) is 152 Å². The molecule has 0 saturated heterocycles. The summed E-state index contributed by atoms with van der Waals surface area (Å²) >= 11 is 0. The van der Waals surface area contributed by atoms with E-state index in [1.165, 1.54) is 76.8 Å². The van der Waals surface area contributed by atoms with Crippen LogP contribution >= 0.6 is 0 Å². The van der Waals surface area contributed by atoms with Crippen molar-refractivity contribution < 1.29 is 0 Å². The molecule has 0 atom stereocenters. The predicted octanol–water partition coefficient (Wildman–Crippen LogP) is 10.9. The first-order valence-electron chi connectivity index (χ1n) is 14.5. The van der Waals surface area contributed by atoms with E-state index < -0.39 is 0 Å². The highest BCUT2D eigenvalue weighted by Crippen LogP contribution is 2.42. The number of para-hydroxylation sites is 1. The largest absolute Gasteiger partial charge is 0.354 e. The number of nitrogens with zero attached hydrogens (tertiary/aromatic N) is 1. The number of hydrogen-bond acceptors (Lipinski definition) is 0. The van der Waals surface area contributed by atoms with Crippen molar-refractivity contribution >= 4 is 54.4 Å². The third-order valence-corrected chi connectivity index (χ3v) is 8.71. The van der Waals surface area contributed by atoms with Crippen molar-refractivity contribution in [2.24, 2.45) is 0 Å². The van der Waals surface area contributed by atoms with Crippen LogP contribution in [0.2, 0.25) is 0 Å². The highest BCUT2D eigenvalue weighted by molar-refractivity contribution is 6.29. The molecular formula is C40H26N2. The Balaban J connectivity index is 1.40. The maximum atomic E-state index is 3.69. The summed E-state index contributed by atoms with van der Waals surface area (Å²) < 4.78 is 2.41. The zero-order chi connectivity index (χ0) is 27.6. The number of benzene rings is 7. The molecule has 2 aromatic heterocycles. The van der Waals surface area contributed by atoms with Crippen LogP contribution < -0.4 is 0 Å². The Morgan fingerprint density at radius 2 is 0.905 bits per heavy atom. The summed E-state index contributed by atoms with van der Waals surface area (Å²) in [6, 6.07) is 54.9. The van der Waals surface area contributed by atoms with Crippen LogP contribution in [0.3, 0.4) is 0 Å². The van der Waals surface area contributed by atoms with Crippen molar-refractivity contribution in [1.29, 1.82) is 0 Å². The van der Waals surface area contributed by atoms with Gasteiger partial charge in [-0.05, 0) is 81.6 Å². The lowest BCUT2D eigenvalue weighted by atomic mass is 9.97. The minimum atomic E-state index is 1.16. The molecule has 1 N–H and O–H groups in total. The molecule has 0 spiro atoms. The fraction of sp³-hybridized carbons (Fsp3) is 0. The van der Waals surface area contributed by atoms with E-state index in [1.807, 2.05) is 0 Å². The van der Waals surface area contributed by atoms with Gasteiger partial charge < -0.3 is 9.55 Å². The number of hydrogen-bond donors (Lipinski definition) is 1. The maximum absolute atomic E-state index is 3.69. The molecule has 0 unspecified atom stereocenters. The van der Waals surface area contributed by atoms with Crippen LogP contribution in [0.4, 0.5) is 0 Å². The van der Waals surface area contributed by atoms with Crippen LogP contribution in [0.1, 0.15) is 0 Å². The van der Waals surface area contributed by atoms with Gasteiger partial charge in [0.1, 0.15) is 0 Å². The predicted molar refractivity (Wildman–Crippen MR) is 179 cm³/mol. The Bertz CT molecular complexity index is 2430. The van der Waals surface area contributed by atoms with Gasteiger partial charge in [0.05, 0.1) is 11.0 Å². The van der Waals surface area contributed by atoms with Gasteiger partial charge in [0.25, 0.3) is 0 Å². The second-order valence-electron chi connectivity index (χ2n) is 11.1. The first kappa shape index (κ1) is 23.1. The fourth-order valence-electron chi connectivity index (χ4n) is 6.80. The van der Waals surface area contributed by atoms with Crippen LogP contribution in [0.25, 0.3) is 82.3 Å². The number of aromatic amines is 1. The molecule has 2 heterocycles. The molecule has 0 amide bonds. The molecular weight excluding hydrogens is 508 g/mol. The zero-order valence-corrected chi connectivity index (χ0v) is 22.9. The summed E-state index contributed by atoms with van der Waals surface area (Å²) in [5.41, 5.74) is 10.9. The molecule has 0 aliphatic rings. The molecule has 196 valence electrons. The average molecular weight is 535 g/mol. The van der Waals surface area contributed by atoms with E-state index in [-0.39, 0.29) is 0 Å². The second-order valence-corrected chi connectivity index (χ2v) is 11.1. The standard InChI is InChI=1S/C40H26N2/c1-4-10-26(11-5-1)28-16-20-35-33(24-28)39-31-19-23-38-40(32(31)18-21-36(39)41-35)34-25-29(27-12-6-2-7-13-27)17-22-37(34)42(38)30-14-8-3-9-15-30/h1-25,41H. The average Bonchev–Trinajstić information content (AvgIpc) is 3.61. The van der Waals surface area contributed by atoms with Gasteiger partial charge in [-0.2, -0.15) is 0 Å². The second kappa shape index (κ2) is 8.95. The molecule has 2 heteroatoms. The first-order chi connectivity index (χ1) is 20.8. The molecule has 0 saturated carbocycles. The quantitative estimate of drug-likeness (QED) is 0.233. The molecule has 2 nitrogen and oxygen atoms in total. The van der Waals surface area contributed by atoms with Crippen molar-refractivity contribution in [3.8, 4) is 27.9 Å². The summed E-state index contributed by atoms with van der Waals surface area (Å²) in [5.74, 6) is 0. The van der Waals surface area contributed by atoms with E-state index in [9.17, 15) is 0 Å². The van der Waals surface area contributed by atoms with Crippen LogP contribution in [0, 0.1) is 0 Å². The van der Waals surface area contributed by atoms with Gasteiger partial charge in [0.15, 0.2) is 0 Å². The van der Waals surface area contributed by atoms with Gasteiger partial charge in [0.2, 0.25) is 0 Å². The Hall–Kier alpha value is -5.60. The van der Waals surface area contributed by atoms with Gasteiger partial charge in [-0.3, -0.25) is 0 Å². The molecule has 0 aliphatic carbocycles. The van der Waals surface area contributed by atoms with Crippen molar-refractivity contribution in [3.63, 3.8) is 0 Å². The number of aromatic nitrogens is 2. The molecule has 9 aromatic rings. The Morgan fingerprint density at radius 1 is 0.357 bits per heavy atom. The lowest BCUT2D eigenvalue weighted by molar-refractivity contribution is 1.18. The highest BCUT2D eigenvalue weighted by Gasteiger charge is 2.18. The normalized spacial score (nSPS) is 11.8. The minimum absolute atomic E-state index is 1.16. The number of H-pyrrole nitrogens is 1. The number of rotatable bonds is 3. The Kier molecular flexibility index (Phi) is 4.93. The maximum Gasteiger partial charge on any atom is 0.0547 e. The molecule has 9 rings (SSSR count). The molecule has 0 fully saturated rings. The van der Waals surface area contributed by atoms with E-state index in [4.69, 9.17) is 0 Å². The molecule has 0 aliphatic heterocycles. The van der Waals surface area contributed by atoms with Gasteiger partial charge in [-0.15, -0.1) is 0 Å². The van der Waals surface area contributed by atoms with Crippen molar-refractivity contribution in [1.82, 2.24) is 9.55 Å². The van der Waals surface area contributed by atoms with Gasteiger partial charge in [0, 0.05) is 38.3 Å². The highest BCUT2D eigenvalue weighted by atomic mass is 15.0. The van der Waals surface area contributed by atoms with E-state index in [1.54, 1.807) is 0 Å². The lowest BCUT2D eigenvalue weighted by Gasteiger charge is -2.09. The smallest absolute Gasteiger partial charge is 0.0547 e. The van der Waals surface area contributed by atoms with Crippen LogP contribution in [-0.2, 0) is 0 Å². The Morgan fingerprint density at radius 3 is 1.62 bits per heavy atom. The minimum Gasteiger partial charge on any atom is -0.354 e. The van der Waals surface area contributed by atoms with E-state index >= 15 is 0 Å². The van der Waals surface area contributed by atoms with E-state index in [2.05, 4.69) is 161 Å². The number of fused-ring (bicyclic) bond motifs is 9. The van der Waals surface area contributed by atoms with Gasteiger partial charge in [-0.1, -0.05) is 103 Å². The Labute approximate surface area is 243 Å². The van der Waals surface area contributed by atoms with E-state index in [0.717, 1.165) is 5.52 Å². The monoisotopic (exact) mass is 534 g/mol. The third-order valence-electron chi connectivity index (χ3n) is 8.71. The lowest BCUT2D eigenvalue weighted by Crippen LogP contribution is -1.93. The zero-order valence-electron chi connectivity index (χ0n) is 22.9. The van der Waals surface area contributed by atoms with Crippen LogP contribution in [0.5, 0.6) is 0 Å². The van der Waals surface area contributed by atoms with Crippen LogP contribution in [-0.4, -0.2) is 9.55 Å². The topological polar surface area (TPSA) is 20.7 Å². The molecule has 42 heavy (non-hydrogen) atoms. The number of nitrogens with one attached hydrogen (secondary N) is 1. The molecule has 7 aromatic carbocycles. The summed E-state index contributed by atoms with van der Waals surface area (Å²) in [6.07, 6.45) is 0. The third kappa shape index (κ3) is 3.39. The molecule has 0 radical (unpaired) electrons. The van der Waals surface area contributed by atoms with Gasteiger partial charge >= 0.3 is 0 Å². The first-order valence-corrected chi connectivity index (χ1v) is 14.5. The van der Waals surface area contributed by atoms with E-state index in [0.29, 0.717) is 0 Å². The summed E-state index contributed by atoms with van der Waals surface area (Å²) in [6.45, 7) is 0.